The number of imidazole rings is 1. The minimum atomic E-state index is -0.204. The Morgan fingerprint density at radius 1 is 1.16 bits per heavy atom. The Morgan fingerprint density at radius 3 is 2.76 bits per heavy atom. The number of aromatic nitrogens is 3. The number of nitrogens with zero attached hydrogens (tertiary/aromatic N) is 4. The number of ether oxygens (including phenoxy) is 1. The van der Waals surface area contributed by atoms with Crippen molar-refractivity contribution >= 4 is 11.5 Å². The first kappa shape index (κ1) is 15.9. The molecule has 1 N–H and O–H groups in total. The third-order valence-electron chi connectivity index (χ3n) is 4.65. The van der Waals surface area contributed by atoms with E-state index in [1.54, 1.807) is 6.20 Å². The Hall–Kier alpha value is -2.60. The molecule has 0 radical (unpaired) electrons. The minimum absolute atomic E-state index is 0.204. The van der Waals surface area contributed by atoms with Crippen LogP contribution in [0.1, 0.15) is 19.8 Å². The first-order valence-electron chi connectivity index (χ1n) is 8.74. The van der Waals surface area contributed by atoms with E-state index in [2.05, 4.69) is 25.3 Å². The van der Waals surface area contributed by atoms with Crippen LogP contribution in [0.5, 0.6) is 5.75 Å². The van der Waals surface area contributed by atoms with Gasteiger partial charge in [-0.05, 0) is 31.9 Å². The first-order valence-corrected chi connectivity index (χ1v) is 8.74. The molecule has 0 unspecified atom stereocenters. The highest BCUT2D eigenvalue weighted by molar-refractivity contribution is 5.72. The third-order valence-corrected chi connectivity index (χ3v) is 4.65. The van der Waals surface area contributed by atoms with Gasteiger partial charge >= 0.3 is 0 Å². The van der Waals surface area contributed by atoms with Gasteiger partial charge in [0.1, 0.15) is 11.6 Å². The number of hydrogen-bond acceptors (Lipinski definition) is 5. The highest BCUT2D eigenvalue weighted by Gasteiger charge is 2.21. The molecule has 0 amide bonds. The summed E-state index contributed by atoms with van der Waals surface area (Å²) in [5, 5.41) is 9.80. The molecule has 2 aromatic heterocycles. The third kappa shape index (κ3) is 2.93. The Bertz CT molecular complexity index is 869. The van der Waals surface area contributed by atoms with Crippen molar-refractivity contribution in [3.63, 3.8) is 0 Å². The van der Waals surface area contributed by atoms with Crippen LogP contribution in [0.3, 0.4) is 0 Å². The molecule has 3 aromatic rings. The van der Waals surface area contributed by atoms with Crippen LogP contribution in [-0.4, -0.2) is 45.3 Å². The fourth-order valence-corrected chi connectivity index (χ4v) is 3.39. The zero-order chi connectivity index (χ0) is 17.2. The molecule has 0 saturated carbocycles. The van der Waals surface area contributed by atoms with E-state index < -0.39 is 0 Å². The lowest BCUT2D eigenvalue weighted by molar-refractivity contribution is 0.145. The summed E-state index contributed by atoms with van der Waals surface area (Å²) >= 11 is 0. The molecule has 1 aliphatic heterocycles. The summed E-state index contributed by atoms with van der Waals surface area (Å²) in [6.07, 6.45) is 6.86. The van der Waals surface area contributed by atoms with Crippen LogP contribution in [-0.2, 0) is 0 Å². The highest BCUT2D eigenvalue weighted by Crippen LogP contribution is 2.33. The number of aliphatic hydroxyl groups is 1. The molecule has 130 valence electrons. The average molecular weight is 338 g/mol. The quantitative estimate of drug-likeness (QED) is 0.792. The van der Waals surface area contributed by atoms with Gasteiger partial charge in [0.25, 0.3) is 0 Å². The van der Waals surface area contributed by atoms with Gasteiger partial charge in [-0.3, -0.25) is 9.38 Å². The molecule has 25 heavy (non-hydrogen) atoms. The van der Waals surface area contributed by atoms with Gasteiger partial charge in [-0.1, -0.05) is 12.1 Å². The van der Waals surface area contributed by atoms with Crippen LogP contribution in [0.15, 0.2) is 42.9 Å². The van der Waals surface area contributed by atoms with Gasteiger partial charge < -0.3 is 14.7 Å². The van der Waals surface area contributed by atoms with Crippen LogP contribution >= 0.6 is 0 Å². The van der Waals surface area contributed by atoms with Gasteiger partial charge in [0.2, 0.25) is 0 Å². The molecule has 1 fully saturated rings. The SMILES string of the molecule is CCOc1ccccc1-c1cnc2cncc(N3CCC(O)CC3)n12. The van der Waals surface area contributed by atoms with Gasteiger partial charge in [0, 0.05) is 18.7 Å². The molecule has 1 aromatic carbocycles. The summed E-state index contributed by atoms with van der Waals surface area (Å²) in [5.74, 6) is 1.85. The van der Waals surface area contributed by atoms with Crippen LogP contribution in [0.4, 0.5) is 5.82 Å². The largest absolute Gasteiger partial charge is 0.493 e. The molecule has 0 atom stereocenters. The van der Waals surface area contributed by atoms with Crippen molar-refractivity contribution in [3.05, 3.63) is 42.9 Å². The monoisotopic (exact) mass is 338 g/mol. The van der Waals surface area contributed by atoms with E-state index in [4.69, 9.17) is 4.74 Å². The molecule has 3 heterocycles. The normalized spacial score (nSPS) is 15.7. The second-order valence-corrected chi connectivity index (χ2v) is 6.25. The molecule has 4 rings (SSSR count). The lowest BCUT2D eigenvalue weighted by atomic mass is 10.1. The van der Waals surface area contributed by atoms with Gasteiger partial charge in [-0.15, -0.1) is 0 Å². The number of fused-ring (bicyclic) bond motifs is 1. The maximum atomic E-state index is 9.80. The lowest BCUT2D eigenvalue weighted by Crippen LogP contribution is -2.36. The number of anilines is 1. The van der Waals surface area contributed by atoms with Gasteiger partial charge in [0.15, 0.2) is 5.65 Å². The van der Waals surface area contributed by atoms with Crippen LogP contribution in [0.25, 0.3) is 16.9 Å². The molecule has 6 nitrogen and oxygen atoms in total. The maximum Gasteiger partial charge on any atom is 0.157 e. The lowest BCUT2D eigenvalue weighted by Gasteiger charge is -2.31. The van der Waals surface area contributed by atoms with Crippen LogP contribution in [0.2, 0.25) is 0 Å². The Kier molecular flexibility index (Phi) is 4.28. The van der Waals surface area contributed by atoms with E-state index in [0.29, 0.717) is 6.61 Å². The van der Waals surface area contributed by atoms with Crippen molar-refractivity contribution in [2.45, 2.75) is 25.9 Å². The molecule has 0 bridgehead atoms. The van der Waals surface area contributed by atoms with Crippen molar-refractivity contribution in [2.24, 2.45) is 0 Å². The summed E-state index contributed by atoms with van der Waals surface area (Å²) in [4.78, 5) is 11.2. The molecule has 0 spiro atoms. The second kappa shape index (κ2) is 6.72. The van der Waals surface area contributed by atoms with Crippen molar-refractivity contribution in [3.8, 4) is 17.0 Å². The standard InChI is InChI=1S/C19H22N4O2/c1-2-25-17-6-4-3-5-15(17)16-11-21-18-12-20-13-19(23(16)18)22-9-7-14(24)8-10-22/h3-6,11-14,24H,2,7-10H2,1H3. The fraction of sp³-hybridized carbons (Fsp3) is 0.368. The van der Waals surface area contributed by atoms with Gasteiger partial charge in [-0.2, -0.15) is 0 Å². The van der Waals surface area contributed by atoms with E-state index in [0.717, 1.165) is 54.4 Å². The fourth-order valence-electron chi connectivity index (χ4n) is 3.39. The van der Waals surface area contributed by atoms with E-state index in [9.17, 15) is 5.11 Å². The first-order chi connectivity index (χ1) is 12.3. The zero-order valence-corrected chi connectivity index (χ0v) is 14.3. The Labute approximate surface area is 146 Å². The van der Waals surface area contributed by atoms with Crippen LogP contribution in [0, 0.1) is 0 Å². The zero-order valence-electron chi connectivity index (χ0n) is 14.3. The topological polar surface area (TPSA) is 62.9 Å². The van der Waals surface area contributed by atoms with Crippen LogP contribution < -0.4 is 9.64 Å². The van der Waals surface area contributed by atoms with Gasteiger partial charge in [-0.25, -0.2) is 4.98 Å². The summed E-state index contributed by atoms with van der Waals surface area (Å²) in [6, 6.07) is 8.02. The molecule has 1 aliphatic rings. The smallest absolute Gasteiger partial charge is 0.157 e. The number of rotatable bonds is 4. The molecule has 6 heteroatoms. The van der Waals surface area contributed by atoms with Crippen molar-refractivity contribution < 1.29 is 9.84 Å². The molecular weight excluding hydrogens is 316 g/mol. The summed E-state index contributed by atoms with van der Waals surface area (Å²) in [6.45, 7) is 4.23. The van der Waals surface area contributed by atoms with Gasteiger partial charge in [0.05, 0.1) is 37.0 Å². The predicted octanol–water partition coefficient (Wildman–Crippen LogP) is 2.76. The number of hydrogen-bond donors (Lipinski definition) is 1. The van der Waals surface area contributed by atoms with E-state index in [1.807, 2.05) is 37.5 Å². The van der Waals surface area contributed by atoms with Crippen molar-refractivity contribution in [1.29, 1.82) is 0 Å². The number of piperidine rings is 1. The highest BCUT2D eigenvalue weighted by atomic mass is 16.5. The number of benzene rings is 1. The van der Waals surface area contributed by atoms with E-state index in [-0.39, 0.29) is 6.10 Å². The van der Waals surface area contributed by atoms with Crippen molar-refractivity contribution in [1.82, 2.24) is 14.4 Å². The molecule has 1 saturated heterocycles. The summed E-state index contributed by atoms with van der Waals surface area (Å²) in [5.41, 5.74) is 2.81. The van der Waals surface area contributed by atoms with E-state index in [1.165, 1.54) is 0 Å². The van der Waals surface area contributed by atoms with Crippen molar-refractivity contribution in [2.75, 3.05) is 24.6 Å². The minimum Gasteiger partial charge on any atom is -0.493 e. The maximum absolute atomic E-state index is 9.80. The second-order valence-electron chi connectivity index (χ2n) is 6.25. The molecular formula is C19H22N4O2. The Balaban J connectivity index is 1.84. The average Bonchev–Trinajstić information content (AvgIpc) is 3.07. The summed E-state index contributed by atoms with van der Waals surface area (Å²) < 4.78 is 7.93. The van der Waals surface area contributed by atoms with E-state index >= 15 is 0 Å². The number of para-hydroxylation sites is 1. The summed E-state index contributed by atoms with van der Waals surface area (Å²) in [7, 11) is 0. The number of aliphatic hydroxyl groups excluding tert-OH is 1. The Morgan fingerprint density at radius 2 is 1.96 bits per heavy atom. The molecule has 0 aliphatic carbocycles. The predicted molar refractivity (Wildman–Crippen MR) is 97.0 cm³/mol.